The molecule has 0 aromatic heterocycles. The summed E-state index contributed by atoms with van der Waals surface area (Å²) in [6, 6.07) is 9.30. The molecule has 0 aliphatic heterocycles. The van der Waals surface area contributed by atoms with E-state index in [0.717, 1.165) is 23.6 Å². The molecule has 1 aromatic rings. The van der Waals surface area contributed by atoms with Crippen LogP contribution < -0.4 is 10.1 Å². The lowest BCUT2D eigenvalue weighted by molar-refractivity contribution is 0.253. The number of benzene rings is 1. The van der Waals surface area contributed by atoms with E-state index in [9.17, 15) is 0 Å². The molecule has 0 saturated heterocycles. The number of hydrogen-bond donors (Lipinski definition) is 1. The fourth-order valence-electron chi connectivity index (χ4n) is 3.23. The van der Waals surface area contributed by atoms with Crippen molar-refractivity contribution in [2.24, 2.45) is 5.92 Å². The predicted octanol–water partition coefficient (Wildman–Crippen LogP) is 3.72. The molecule has 2 aliphatic rings. The second-order valence-electron chi connectivity index (χ2n) is 6.18. The van der Waals surface area contributed by atoms with Crippen LogP contribution in [-0.2, 0) is 0 Å². The van der Waals surface area contributed by atoms with Crippen LogP contribution in [0.3, 0.4) is 0 Å². The van der Waals surface area contributed by atoms with Crippen LogP contribution in [0.1, 0.15) is 50.0 Å². The maximum absolute atomic E-state index is 5.29. The van der Waals surface area contributed by atoms with Crippen molar-refractivity contribution in [3.8, 4) is 5.75 Å². The molecule has 0 atom stereocenters. The van der Waals surface area contributed by atoms with Crippen molar-refractivity contribution >= 4 is 0 Å². The zero-order valence-corrected chi connectivity index (χ0v) is 11.9. The Balaban J connectivity index is 1.39. The minimum atomic E-state index is 0.733. The number of ether oxygens (including phenoxy) is 1. The average molecular weight is 259 g/mol. The summed E-state index contributed by atoms with van der Waals surface area (Å²) in [4.78, 5) is 0. The summed E-state index contributed by atoms with van der Waals surface area (Å²) >= 11 is 0. The van der Waals surface area contributed by atoms with E-state index < -0.39 is 0 Å². The second kappa shape index (κ2) is 5.96. The molecule has 2 heteroatoms. The van der Waals surface area contributed by atoms with Gasteiger partial charge >= 0.3 is 0 Å². The molecule has 0 spiro atoms. The molecular formula is C17H25NO. The predicted molar refractivity (Wildman–Crippen MR) is 78.7 cm³/mol. The summed E-state index contributed by atoms with van der Waals surface area (Å²) < 4.78 is 5.29. The SMILES string of the molecule is COc1cccc(C2CC(NCCC3CCC3)C2)c1. The molecule has 0 bridgehead atoms. The first-order chi connectivity index (χ1) is 9.35. The monoisotopic (exact) mass is 259 g/mol. The molecule has 3 rings (SSSR count). The molecule has 2 nitrogen and oxygen atoms in total. The van der Waals surface area contributed by atoms with E-state index in [-0.39, 0.29) is 0 Å². The van der Waals surface area contributed by atoms with Crippen LogP contribution in [0.25, 0.3) is 0 Å². The number of rotatable bonds is 6. The minimum Gasteiger partial charge on any atom is -0.497 e. The lowest BCUT2D eigenvalue weighted by atomic mass is 9.75. The normalized spacial score (nSPS) is 26.6. The quantitative estimate of drug-likeness (QED) is 0.840. The van der Waals surface area contributed by atoms with Crippen LogP contribution in [0.15, 0.2) is 24.3 Å². The Morgan fingerprint density at radius 1 is 1.26 bits per heavy atom. The van der Waals surface area contributed by atoms with E-state index in [2.05, 4.69) is 23.5 Å². The van der Waals surface area contributed by atoms with Gasteiger partial charge in [-0.25, -0.2) is 0 Å². The molecule has 2 saturated carbocycles. The molecule has 0 unspecified atom stereocenters. The third-order valence-electron chi connectivity index (χ3n) is 4.91. The van der Waals surface area contributed by atoms with Gasteiger partial charge < -0.3 is 10.1 Å². The summed E-state index contributed by atoms with van der Waals surface area (Å²) in [5, 5.41) is 3.72. The first-order valence-corrected chi connectivity index (χ1v) is 7.72. The van der Waals surface area contributed by atoms with E-state index in [1.54, 1.807) is 7.11 Å². The standard InChI is InChI=1S/C17H25NO/c1-19-17-7-3-6-14(12-17)15-10-16(11-15)18-9-8-13-4-2-5-13/h3,6-7,12-13,15-16,18H,2,4-5,8-11H2,1H3. The zero-order valence-electron chi connectivity index (χ0n) is 11.9. The van der Waals surface area contributed by atoms with Crippen LogP contribution in [0.4, 0.5) is 0 Å². The number of methoxy groups -OCH3 is 1. The van der Waals surface area contributed by atoms with Crippen LogP contribution in [0.5, 0.6) is 5.75 Å². The van der Waals surface area contributed by atoms with E-state index in [1.807, 2.05) is 6.07 Å². The molecule has 2 aliphatic carbocycles. The molecular weight excluding hydrogens is 234 g/mol. The molecule has 0 radical (unpaired) electrons. The first-order valence-electron chi connectivity index (χ1n) is 7.72. The molecule has 0 heterocycles. The van der Waals surface area contributed by atoms with Gasteiger partial charge in [0.15, 0.2) is 0 Å². The van der Waals surface area contributed by atoms with Gasteiger partial charge in [0.2, 0.25) is 0 Å². The Labute approximate surface area is 116 Å². The minimum absolute atomic E-state index is 0.733. The zero-order chi connectivity index (χ0) is 13.1. The Kier molecular flexibility index (Phi) is 4.07. The van der Waals surface area contributed by atoms with E-state index >= 15 is 0 Å². The topological polar surface area (TPSA) is 21.3 Å². The van der Waals surface area contributed by atoms with Crippen molar-refractivity contribution in [3.63, 3.8) is 0 Å². The van der Waals surface area contributed by atoms with Gasteiger partial charge in [-0.1, -0.05) is 31.4 Å². The van der Waals surface area contributed by atoms with Crippen LogP contribution in [0.2, 0.25) is 0 Å². The maximum Gasteiger partial charge on any atom is 0.119 e. The molecule has 2 fully saturated rings. The highest BCUT2D eigenvalue weighted by Gasteiger charge is 2.30. The summed E-state index contributed by atoms with van der Waals surface area (Å²) in [6.07, 6.45) is 8.37. The summed E-state index contributed by atoms with van der Waals surface area (Å²) in [5.74, 6) is 2.75. The van der Waals surface area contributed by atoms with Gasteiger partial charge in [-0.15, -0.1) is 0 Å². The molecule has 0 amide bonds. The third-order valence-corrected chi connectivity index (χ3v) is 4.91. The first kappa shape index (κ1) is 13.0. The summed E-state index contributed by atoms with van der Waals surface area (Å²) in [7, 11) is 1.74. The highest BCUT2D eigenvalue weighted by atomic mass is 16.5. The summed E-state index contributed by atoms with van der Waals surface area (Å²) in [6.45, 7) is 1.22. The highest BCUT2D eigenvalue weighted by molar-refractivity contribution is 5.32. The number of hydrogen-bond acceptors (Lipinski definition) is 2. The van der Waals surface area contributed by atoms with E-state index in [0.29, 0.717) is 0 Å². The second-order valence-corrected chi connectivity index (χ2v) is 6.18. The molecule has 1 N–H and O–H groups in total. The van der Waals surface area contributed by atoms with Gasteiger partial charge in [0.25, 0.3) is 0 Å². The molecule has 19 heavy (non-hydrogen) atoms. The van der Waals surface area contributed by atoms with E-state index in [4.69, 9.17) is 4.74 Å². The number of nitrogens with one attached hydrogen (secondary N) is 1. The summed E-state index contributed by atoms with van der Waals surface area (Å²) in [5.41, 5.74) is 1.44. The van der Waals surface area contributed by atoms with Gasteiger partial charge in [-0.05, 0) is 55.3 Å². The van der Waals surface area contributed by atoms with Crippen molar-refractivity contribution in [3.05, 3.63) is 29.8 Å². The van der Waals surface area contributed by atoms with Crippen molar-refractivity contribution < 1.29 is 4.74 Å². The highest BCUT2D eigenvalue weighted by Crippen LogP contribution is 2.38. The Morgan fingerprint density at radius 3 is 2.79 bits per heavy atom. The molecule has 1 aromatic carbocycles. The Hall–Kier alpha value is -1.02. The van der Waals surface area contributed by atoms with Crippen molar-refractivity contribution in [1.82, 2.24) is 5.32 Å². The Morgan fingerprint density at radius 2 is 2.11 bits per heavy atom. The lowest BCUT2D eigenvalue weighted by Gasteiger charge is -2.37. The van der Waals surface area contributed by atoms with Gasteiger partial charge in [0, 0.05) is 6.04 Å². The maximum atomic E-state index is 5.29. The van der Waals surface area contributed by atoms with Gasteiger partial charge in [0.1, 0.15) is 5.75 Å². The fraction of sp³-hybridized carbons (Fsp3) is 0.647. The molecule has 104 valence electrons. The Bertz CT molecular complexity index is 407. The fourth-order valence-corrected chi connectivity index (χ4v) is 3.23. The van der Waals surface area contributed by atoms with Crippen LogP contribution in [0, 0.1) is 5.92 Å². The van der Waals surface area contributed by atoms with Crippen molar-refractivity contribution in [1.29, 1.82) is 0 Å². The van der Waals surface area contributed by atoms with Gasteiger partial charge in [-0.3, -0.25) is 0 Å². The van der Waals surface area contributed by atoms with Gasteiger partial charge in [-0.2, -0.15) is 0 Å². The van der Waals surface area contributed by atoms with Crippen molar-refractivity contribution in [2.45, 2.75) is 50.5 Å². The van der Waals surface area contributed by atoms with E-state index in [1.165, 1.54) is 50.6 Å². The largest absolute Gasteiger partial charge is 0.497 e. The lowest BCUT2D eigenvalue weighted by Crippen LogP contribution is -2.41. The van der Waals surface area contributed by atoms with Crippen LogP contribution >= 0.6 is 0 Å². The smallest absolute Gasteiger partial charge is 0.119 e. The van der Waals surface area contributed by atoms with Crippen LogP contribution in [-0.4, -0.2) is 19.7 Å². The third kappa shape index (κ3) is 3.11. The van der Waals surface area contributed by atoms with Crippen molar-refractivity contribution in [2.75, 3.05) is 13.7 Å². The van der Waals surface area contributed by atoms with Gasteiger partial charge in [0.05, 0.1) is 7.11 Å². The average Bonchev–Trinajstić information content (AvgIpc) is 2.34.